The summed E-state index contributed by atoms with van der Waals surface area (Å²) in [5.74, 6) is 0.518. The molecule has 0 spiro atoms. The first-order chi connectivity index (χ1) is 17.4. The fourth-order valence-corrected chi connectivity index (χ4v) is 6.40. The number of nitrogens with one attached hydrogen (secondary N) is 1. The molecule has 1 aliphatic heterocycles. The Bertz CT molecular complexity index is 1250. The molecule has 5 rings (SSSR count). The minimum absolute atomic E-state index is 0.0596. The fourth-order valence-electron chi connectivity index (χ4n) is 6.40. The molecular formula is C28H33F5N4. The summed E-state index contributed by atoms with van der Waals surface area (Å²) in [6, 6.07) is 6.48. The molecular weight excluding hydrogens is 487 g/mol. The van der Waals surface area contributed by atoms with Gasteiger partial charge in [-0.25, -0.2) is 13.8 Å². The largest absolute Gasteiger partial charge is 0.418 e. The number of nitrogens with zero attached hydrogens (tertiary/aromatic N) is 3. The van der Waals surface area contributed by atoms with Crippen LogP contribution >= 0.6 is 0 Å². The minimum Gasteiger partial charge on any atom is -0.327 e. The van der Waals surface area contributed by atoms with Gasteiger partial charge >= 0.3 is 6.18 Å². The molecule has 3 heterocycles. The van der Waals surface area contributed by atoms with Crippen molar-refractivity contribution >= 4 is 11.0 Å². The van der Waals surface area contributed by atoms with Crippen molar-refractivity contribution in [1.82, 2.24) is 19.9 Å². The number of halogens is 5. The molecule has 1 aliphatic carbocycles. The highest BCUT2D eigenvalue weighted by atomic mass is 19.4. The fraction of sp³-hybridized carbons (Fsp3) is 0.571. The van der Waals surface area contributed by atoms with Gasteiger partial charge < -0.3 is 9.88 Å². The van der Waals surface area contributed by atoms with E-state index >= 15 is 0 Å². The molecule has 0 radical (unpaired) electrons. The van der Waals surface area contributed by atoms with Crippen molar-refractivity contribution in [1.29, 1.82) is 0 Å². The molecule has 37 heavy (non-hydrogen) atoms. The van der Waals surface area contributed by atoms with Gasteiger partial charge in [-0.3, -0.25) is 4.98 Å². The van der Waals surface area contributed by atoms with Crippen molar-refractivity contribution in [2.45, 2.75) is 95.4 Å². The molecule has 200 valence electrons. The summed E-state index contributed by atoms with van der Waals surface area (Å²) < 4.78 is 70.0. The lowest BCUT2D eigenvalue weighted by atomic mass is 9.71. The molecule has 1 saturated carbocycles. The van der Waals surface area contributed by atoms with Crippen LogP contribution in [-0.2, 0) is 18.0 Å². The highest BCUT2D eigenvalue weighted by Gasteiger charge is 2.39. The van der Waals surface area contributed by atoms with Gasteiger partial charge in [0, 0.05) is 41.0 Å². The van der Waals surface area contributed by atoms with Gasteiger partial charge in [-0.15, -0.1) is 0 Å². The van der Waals surface area contributed by atoms with Gasteiger partial charge in [0.25, 0.3) is 6.43 Å². The number of aryl methyl sites for hydroxylation is 1. The molecule has 3 aromatic rings. The summed E-state index contributed by atoms with van der Waals surface area (Å²) in [4.78, 5) is 8.70. The van der Waals surface area contributed by atoms with Gasteiger partial charge in [0.2, 0.25) is 0 Å². The molecule has 2 aliphatic rings. The summed E-state index contributed by atoms with van der Waals surface area (Å²) in [5, 5.41) is 3.57. The van der Waals surface area contributed by atoms with Gasteiger partial charge in [-0.1, -0.05) is 13.8 Å². The number of rotatable bonds is 6. The van der Waals surface area contributed by atoms with Crippen LogP contribution in [0.4, 0.5) is 22.0 Å². The monoisotopic (exact) mass is 520 g/mol. The highest BCUT2D eigenvalue weighted by Crippen LogP contribution is 2.43. The normalized spacial score (nSPS) is 28.6. The molecule has 0 bridgehead atoms. The second-order valence-corrected chi connectivity index (χ2v) is 11.4. The number of hydrogen-bond acceptors (Lipinski definition) is 3. The average molecular weight is 521 g/mol. The summed E-state index contributed by atoms with van der Waals surface area (Å²) in [6.45, 7) is 6.27. The second kappa shape index (κ2) is 9.64. The first-order valence-corrected chi connectivity index (χ1v) is 13.0. The Kier molecular flexibility index (Phi) is 6.79. The highest BCUT2D eigenvalue weighted by molar-refractivity contribution is 5.81. The average Bonchev–Trinajstić information content (AvgIpc) is 3.22. The molecule has 0 amide bonds. The standard InChI is InChI=1S/C28H33F5N4/c1-16-8-21(9-16)37-15-35-23-11-18(10-22(25(23)37)28(31,32)33)4-6-20-13-27(3,12-17(2)36-20)24-7-5-19(14-34-24)26(29)30/h5,7,10-11,14-17,20-21,26,36H,4,6,8-9,12-13H2,1-3H3/t16?,17?,20?,21?,27-/m1/s1. The van der Waals surface area contributed by atoms with Gasteiger partial charge in [0.1, 0.15) is 0 Å². The van der Waals surface area contributed by atoms with Crippen LogP contribution in [0.2, 0.25) is 0 Å². The molecule has 3 atom stereocenters. The maximum atomic E-state index is 14.1. The number of hydrogen-bond donors (Lipinski definition) is 1. The second-order valence-electron chi connectivity index (χ2n) is 11.4. The Hall–Kier alpha value is -2.55. The van der Waals surface area contributed by atoms with E-state index in [9.17, 15) is 22.0 Å². The molecule has 2 aromatic heterocycles. The first kappa shape index (κ1) is 26.1. The summed E-state index contributed by atoms with van der Waals surface area (Å²) in [7, 11) is 0. The number of pyridine rings is 1. The smallest absolute Gasteiger partial charge is 0.327 e. The molecule has 2 fully saturated rings. The number of aromatic nitrogens is 3. The van der Waals surface area contributed by atoms with Crippen LogP contribution in [0, 0.1) is 5.92 Å². The summed E-state index contributed by atoms with van der Waals surface area (Å²) in [6.07, 6.45) is 0.163. The van der Waals surface area contributed by atoms with Crippen LogP contribution in [0.1, 0.15) is 87.7 Å². The van der Waals surface area contributed by atoms with E-state index < -0.39 is 18.2 Å². The van der Waals surface area contributed by atoms with Crippen molar-refractivity contribution in [3.8, 4) is 0 Å². The van der Waals surface area contributed by atoms with Crippen molar-refractivity contribution in [3.63, 3.8) is 0 Å². The molecule has 1 saturated heterocycles. The number of piperidine rings is 1. The molecule has 1 aromatic carbocycles. The van der Waals surface area contributed by atoms with Crippen LogP contribution in [0.5, 0.6) is 0 Å². The number of fused-ring (bicyclic) bond motifs is 1. The van der Waals surface area contributed by atoms with E-state index in [1.807, 2.05) is 0 Å². The van der Waals surface area contributed by atoms with Crippen molar-refractivity contribution in [3.05, 3.63) is 59.2 Å². The molecule has 4 nitrogen and oxygen atoms in total. The zero-order valence-corrected chi connectivity index (χ0v) is 21.3. The summed E-state index contributed by atoms with van der Waals surface area (Å²) in [5.41, 5.74) is 0.938. The van der Waals surface area contributed by atoms with Gasteiger partial charge in [-0.2, -0.15) is 13.2 Å². The third kappa shape index (κ3) is 5.24. The Morgan fingerprint density at radius 2 is 1.86 bits per heavy atom. The van der Waals surface area contributed by atoms with E-state index in [0.29, 0.717) is 29.8 Å². The number of imidazole rings is 1. The minimum atomic E-state index is -4.46. The van der Waals surface area contributed by atoms with E-state index in [2.05, 4.69) is 36.1 Å². The van der Waals surface area contributed by atoms with Gasteiger partial charge in [0.05, 0.1) is 22.9 Å². The van der Waals surface area contributed by atoms with E-state index in [1.165, 1.54) is 18.3 Å². The molecule has 9 heteroatoms. The number of alkyl halides is 5. The maximum Gasteiger partial charge on any atom is 0.418 e. The third-order valence-electron chi connectivity index (χ3n) is 8.19. The lowest BCUT2D eigenvalue weighted by molar-refractivity contribution is -0.136. The van der Waals surface area contributed by atoms with Crippen LogP contribution in [0.25, 0.3) is 11.0 Å². The maximum absolute atomic E-state index is 14.1. The van der Waals surface area contributed by atoms with Crippen LogP contribution in [-0.4, -0.2) is 26.6 Å². The van der Waals surface area contributed by atoms with Crippen LogP contribution in [0.3, 0.4) is 0 Å². The van der Waals surface area contributed by atoms with Crippen molar-refractivity contribution < 1.29 is 22.0 Å². The zero-order chi connectivity index (χ0) is 26.5. The zero-order valence-electron chi connectivity index (χ0n) is 21.3. The van der Waals surface area contributed by atoms with E-state index in [4.69, 9.17) is 0 Å². The van der Waals surface area contributed by atoms with Gasteiger partial charge in [-0.05, 0) is 81.2 Å². The SMILES string of the molecule is CC1CC(n2cnc3cc(CCC4C[C@](C)(c5ccc(C(F)F)cn5)CC(C)N4)cc(C(F)(F)F)c32)C1. The Balaban J connectivity index is 1.35. The predicted molar refractivity (Wildman–Crippen MR) is 133 cm³/mol. The predicted octanol–water partition coefficient (Wildman–Crippen LogP) is 7.39. The van der Waals surface area contributed by atoms with Crippen molar-refractivity contribution in [2.75, 3.05) is 0 Å². The van der Waals surface area contributed by atoms with E-state index in [0.717, 1.165) is 31.4 Å². The van der Waals surface area contributed by atoms with E-state index in [1.54, 1.807) is 23.0 Å². The van der Waals surface area contributed by atoms with E-state index in [-0.39, 0.29) is 34.6 Å². The van der Waals surface area contributed by atoms with Crippen molar-refractivity contribution in [2.24, 2.45) is 5.92 Å². The quantitative estimate of drug-likeness (QED) is 0.345. The Morgan fingerprint density at radius 3 is 2.49 bits per heavy atom. The third-order valence-corrected chi connectivity index (χ3v) is 8.19. The Labute approximate surface area is 213 Å². The van der Waals surface area contributed by atoms with Crippen LogP contribution in [0.15, 0.2) is 36.8 Å². The lowest BCUT2D eigenvalue weighted by Crippen LogP contribution is -2.50. The topological polar surface area (TPSA) is 42.7 Å². The number of benzene rings is 1. The van der Waals surface area contributed by atoms with Crippen LogP contribution < -0.4 is 5.32 Å². The van der Waals surface area contributed by atoms with Gasteiger partial charge in [0.15, 0.2) is 0 Å². The molecule has 1 N–H and O–H groups in total. The summed E-state index contributed by atoms with van der Waals surface area (Å²) >= 11 is 0. The lowest BCUT2D eigenvalue weighted by Gasteiger charge is -2.42. The Morgan fingerprint density at radius 1 is 1.11 bits per heavy atom. The first-order valence-electron chi connectivity index (χ1n) is 13.0. The molecule has 2 unspecified atom stereocenters.